The van der Waals surface area contributed by atoms with Crippen molar-refractivity contribution in [2.45, 2.75) is 19.5 Å². The normalized spacial score (nSPS) is 16.4. The maximum absolute atomic E-state index is 13.6. The second kappa shape index (κ2) is 10.1. The number of rotatable bonds is 7. The Labute approximate surface area is 176 Å². The van der Waals surface area contributed by atoms with Crippen molar-refractivity contribution in [2.75, 3.05) is 39.8 Å². The van der Waals surface area contributed by atoms with E-state index in [2.05, 4.69) is 15.1 Å². The van der Waals surface area contributed by atoms with Crippen LogP contribution >= 0.6 is 11.6 Å². The molecule has 1 aliphatic heterocycles. The molecule has 29 heavy (non-hydrogen) atoms. The zero-order valence-electron chi connectivity index (χ0n) is 16.8. The number of hydrogen-bond acceptors (Lipinski definition) is 4. The van der Waals surface area contributed by atoms with Crippen molar-refractivity contribution in [3.63, 3.8) is 0 Å². The number of nitrogens with zero attached hydrogens (tertiary/aromatic N) is 2. The summed E-state index contributed by atoms with van der Waals surface area (Å²) < 4.78 is 18.9. The minimum Gasteiger partial charge on any atom is -0.496 e. The average molecular weight is 420 g/mol. The fourth-order valence-corrected chi connectivity index (χ4v) is 3.91. The predicted octanol–water partition coefficient (Wildman–Crippen LogP) is 3.48. The number of carbonyl (C=O) groups is 1. The second-order valence-electron chi connectivity index (χ2n) is 7.32. The van der Waals surface area contributed by atoms with Gasteiger partial charge in [0.1, 0.15) is 11.6 Å². The van der Waals surface area contributed by atoms with Crippen LogP contribution in [-0.2, 0) is 11.3 Å². The van der Waals surface area contributed by atoms with Crippen molar-refractivity contribution in [1.29, 1.82) is 0 Å². The van der Waals surface area contributed by atoms with Crippen LogP contribution < -0.4 is 10.1 Å². The minimum absolute atomic E-state index is 0.0160. The van der Waals surface area contributed by atoms with Crippen LogP contribution in [-0.4, -0.2) is 55.5 Å². The van der Waals surface area contributed by atoms with E-state index in [0.29, 0.717) is 23.9 Å². The summed E-state index contributed by atoms with van der Waals surface area (Å²) in [5.41, 5.74) is 1.75. The number of amides is 1. The minimum atomic E-state index is -0.260. The smallest absolute Gasteiger partial charge is 0.234 e. The molecule has 1 saturated heterocycles. The van der Waals surface area contributed by atoms with Gasteiger partial charge >= 0.3 is 0 Å². The van der Waals surface area contributed by atoms with Crippen molar-refractivity contribution in [3.05, 3.63) is 64.4 Å². The Morgan fingerprint density at radius 2 is 1.86 bits per heavy atom. The Balaban J connectivity index is 1.47. The summed E-state index contributed by atoms with van der Waals surface area (Å²) in [6.45, 7) is 6.11. The summed E-state index contributed by atoms with van der Waals surface area (Å²) in [4.78, 5) is 16.8. The van der Waals surface area contributed by atoms with Gasteiger partial charge in [0.2, 0.25) is 5.91 Å². The highest BCUT2D eigenvalue weighted by Gasteiger charge is 2.21. The van der Waals surface area contributed by atoms with Crippen molar-refractivity contribution < 1.29 is 13.9 Å². The molecule has 0 spiro atoms. The molecule has 0 saturated carbocycles. The number of halogens is 2. The second-order valence-corrected chi connectivity index (χ2v) is 7.73. The Kier molecular flexibility index (Phi) is 7.47. The first-order valence-electron chi connectivity index (χ1n) is 9.77. The van der Waals surface area contributed by atoms with Crippen LogP contribution in [0.15, 0.2) is 42.5 Å². The summed E-state index contributed by atoms with van der Waals surface area (Å²) >= 11 is 6.21. The number of benzene rings is 2. The topological polar surface area (TPSA) is 44.8 Å². The molecule has 1 fully saturated rings. The van der Waals surface area contributed by atoms with Gasteiger partial charge in [-0.2, -0.15) is 0 Å². The lowest BCUT2D eigenvalue weighted by Crippen LogP contribution is -2.49. The van der Waals surface area contributed by atoms with Crippen molar-refractivity contribution in [1.82, 2.24) is 15.1 Å². The molecular formula is C22H27ClFN3O2. The fraction of sp³-hybridized carbons (Fsp3) is 0.409. The first-order valence-corrected chi connectivity index (χ1v) is 10.1. The Hall–Kier alpha value is -2.15. The van der Waals surface area contributed by atoms with Gasteiger partial charge in [0, 0.05) is 43.3 Å². The third kappa shape index (κ3) is 5.92. The van der Waals surface area contributed by atoms with E-state index in [1.807, 2.05) is 31.2 Å². The molecule has 7 heteroatoms. The number of nitrogens with one attached hydrogen (secondary N) is 1. The monoisotopic (exact) mass is 419 g/mol. The van der Waals surface area contributed by atoms with Crippen LogP contribution in [0, 0.1) is 5.82 Å². The third-order valence-electron chi connectivity index (χ3n) is 5.22. The molecule has 0 unspecified atom stereocenters. The van der Waals surface area contributed by atoms with E-state index in [1.165, 1.54) is 12.1 Å². The average Bonchev–Trinajstić information content (AvgIpc) is 2.70. The van der Waals surface area contributed by atoms with E-state index in [-0.39, 0.29) is 17.8 Å². The quantitative estimate of drug-likeness (QED) is 0.746. The van der Waals surface area contributed by atoms with Gasteiger partial charge < -0.3 is 10.1 Å². The lowest BCUT2D eigenvalue weighted by Gasteiger charge is -2.34. The van der Waals surface area contributed by atoms with E-state index in [1.54, 1.807) is 13.2 Å². The van der Waals surface area contributed by atoms with Gasteiger partial charge in [-0.1, -0.05) is 29.8 Å². The molecule has 156 valence electrons. The van der Waals surface area contributed by atoms with Gasteiger partial charge in [0.05, 0.1) is 19.7 Å². The van der Waals surface area contributed by atoms with Crippen LogP contribution in [0.4, 0.5) is 4.39 Å². The lowest BCUT2D eigenvalue weighted by molar-refractivity contribution is -0.123. The van der Waals surface area contributed by atoms with Gasteiger partial charge in [-0.15, -0.1) is 0 Å². The van der Waals surface area contributed by atoms with Gasteiger partial charge in [0.25, 0.3) is 0 Å². The van der Waals surface area contributed by atoms with Gasteiger partial charge in [-0.05, 0) is 36.8 Å². The maximum Gasteiger partial charge on any atom is 0.234 e. The molecule has 0 radical (unpaired) electrons. The number of piperazine rings is 1. The van der Waals surface area contributed by atoms with Crippen LogP contribution in [0.2, 0.25) is 5.02 Å². The van der Waals surface area contributed by atoms with Crippen molar-refractivity contribution in [2.24, 2.45) is 0 Å². The number of hydrogen-bond donors (Lipinski definition) is 1. The lowest BCUT2D eigenvalue weighted by atomic mass is 10.1. The summed E-state index contributed by atoms with van der Waals surface area (Å²) in [5, 5.41) is 3.67. The predicted molar refractivity (Wildman–Crippen MR) is 113 cm³/mol. The zero-order valence-corrected chi connectivity index (χ0v) is 17.6. The first-order chi connectivity index (χ1) is 14.0. The molecule has 1 aliphatic rings. The molecule has 2 aromatic carbocycles. The first kappa shape index (κ1) is 21.6. The van der Waals surface area contributed by atoms with Crippen LogP contribution in [0.25, 0.3) is 0 Å². The molecule has 1 heterocycles. The summed E-state index contributed by atoms with van der Waals surface area (Å²) in [5.74, 6) is 0.420. The van der Waals surface area contributed by atoms with E-state index in [9.17, 15) is 9.18 Å². The molecule has 5 nitrogen and oxygen atoms in total. The summed E-state index contributed by atoms with van der Waals surface area (Å²) in [6.07, 6.45) is 0. The van der Waals surface area contributed by atoms with Gasteiger partial charge in [0.15, 0.2) is 0 Å². The highest BCUT2D eigenvalue weighted by molar-refractivity contribution is 6.31. The van der Waals surface area contributed by atoms with Crippen LogP contribution in [0.5, 0.6) is 5.75 Å². The number of carbonyl (C=O) groups excluding carboxylic acids is 1. The largest absolute Gasteiger partial charge is 0.496 e. The molecule has 0 aliphatic carbocycles. The maximum atomic E-state index is 13.6. The van der Waals surface area contributed by atoms with E-state index < -0.39 is 0 Å². The third-order valence-corrected chi connectivity index (χ3v) is 5.56. The number of ether oxygens (including phenoxy) is 1. The van der Waals surface area contributed by atoms with Gasteiger partial charge in [-0.3, -0.25) is 14.6 Å². The molecule has 3 rings (SSSR count). The fourth-order valence-electron chi connectivity index (χ4n) is 3.61. The van der Waals surface area contributed by atoms with Crippen molar-refractivity contribution >= 4 is 17.5 Å². The zero-order chi connectivity index (χ0) is 20.8. The van der Waals surface area contributed by atoms with Gasteiger partial charge in [-0.25, -0.2) is 4.39 Å². The summed E-state index contributed by atoms with van der Waals surface area (Å²) in [7, 11) is 1.59. The molecule has 2 aromatic rings. The van der Waals surface area contributed by atoms with Crippen LogP contribution in [0.3, 0.4) is 0 Å². The van der Waals surface area contributed by atoms with E-state index in [0.717, 1.165) is 37.3 Å². The highest BCUT2D eigenvalue weighted by Crippen LogP contribution is 2.23. The molecular weight excluding hydrogens is 393 g/mol. The Morgan fingerprint density at radius 1 is 1.17 bits per heavy atom. The molecule has 0 bridgehead atoms. The van der Waals surface area contributed by atoms with Crippen molar-refractivity contribution in [3.8, 4) is 5.75 Å². The van der Waals surface area contributed by atoms with E-state index >= 15 is 0 Å². The Bertz CT molecular complexity index is 841. The highest BCUT2D eigenvalue weighted by atomic mass is 35.5. The molecule has 1 atom stereocenters. The summed E-state index contributed by atoms with van der Waals surface area (Å²) in [6, 6.07) is 12.0. The molecule has 0 aromatic heterocycles. The molecule has 1 N–H and O–H groups in total. The Morgan fingerprint density at radius 3 is 2.55 bits per heavy atom. The molecule has 1 amide bonds. The van der Waals surface area contributed by atoms with Crippen LogP contribution in [0.1, 0.15) is 24.1 Å². The standard InChI is InChI=1S/C22H27ClFN3O2/c1-16(19-5-3-4-6-20(19)23)25-22(28)15-27-11-9-26(10-12-27)14-17-13-18(24)7-8-21(17)29-2/h3-8,13,16H,9-12,14-15H2,1-2H3,(H,25,28)/t16-/m0/s1. The number of methoxy groups -OCH3 is 1. The van der Waals surface area contributed by atoms with E-state index in [4.69, 9.17) is 16.3 Å². The SMILES string of the molecule is COc1ccc(F)cc1CN1CCN(CC(=O)N[C@@H](C)c2ccccc2Cl)CC1.